The molecular weight excluding hydrogens is 160 g/mol. The van der Waals surface area contributed by atoms with Crippen LogP contribution in [0.15, 0.2) is 21.7 Å². The molecule has 0 N–H and O–H groups in total. The number of nitrogens with zero attached hydrogens (tertiary/aromatic N) is 4. The van der Waals surface area contributed by atoms with Gasteiger partial charge in [0.2, 0.25) is 0 Å². The maximum Gasteiger partial charge on any atom is 0.114 e. The maximum atomic E-state index is 4.45. The van der Waals surface area contributed by atoms with Crippen LogP contribution in [0.2, 0.25) is 0 Å². The average molecular weight is 166 g/mol. The van der Waals surface area contributed by atoms with Gasteiger partial charge in [0.05, 0.1) is 18.3 Å². The summed E-state index contributed by atoms with van der Waals surface area (Å²) >= 11 is 0. The smallest absolute Gasteiger partial charge is 0.114 e. The van der Waals surface area contributed by atoms with Crippen LogP contribution in [0.4, 0.5) is 0 Å². The number of hydrogen-bond acceptors (Lipinski definition) is 6. The highest BCUT2D eigenvalue weighted by Crippen LogP contribution is 2.18. The molecule has 0 unspecified atom stereocenters. The molecule has 2 aromatic rings. The zero-order chi connectivity index (χ0) is 8.39. The maximum absolute atomic E-state index is 4.45. The average Bonchev–Trinajstić information content (AvgIpc) is 2.77. The molecule has 62 valence electrons. The van der Waals surface area contributed by atoms with E-state index in [-0.39, 0.29) is 5.92 Å². The van der Waals surface area contributed by atoms with Crippen LogP contribution in [0.25, 0.3) is 0 Å². The van der Waals surface area contributed by atoms with Gasteiger partial charge in [-0.25, -0.2) is 9.26 Å². The fraction of sp³-hybridized carbons (Fsp3) is 0.333. The van der Waals surface area contributed by atoms with Crippen LogP contribution in [0.1, 0.15) is 24.2 Å². The van der Waals surface area contributed by atoms with Crippen LogP contribution >= 0.6 is 0 Å². The van der Waals surface area contributed by atoms with Crippen molar-refractivity contribution in [3.8, 4) is 0 Å². The molecule has 0 aromatic carbocycles. The van der Waals surface area contributed by atoms with Crippen molar-refractivity contribution in [2.75, 3.05) is 0 Å². The quantitative estimate of drug-likeness (QED) is 0.650. The van der Waals surface area contributed by atoms with E-state index >= 15 is 0 Å². The minimum absolute atomic E-state index is 0.00231. The van der Waals surface area contributed by atoms with Gasteiger partial charge in [0, 0.05) is 0 Å². The fourth-order valence-electron chi connectivity index (χ4n) is 0.877. The molecule has 0 amide bonds. The van der Waals surface area contributed by atoms with Gasteiger partial charge in [0.15, 0.2) is 0 Å². The first-order chi connectivity index (χ1) is 5.88. The van der Waals surface area contributed by atoms with Gasteiger partial charge in [-0.3, -0.25) is 0 Å². The normalized spacial score (nSPS) is 10.8. The molecule has 0 fully saturated rings. The van der Waals surface area contributed by atoms with Gasteiger partial charge in [-0.2, -0.15) is 0 Å². The molecule has 0 atom stereocenters. The lowest BCUT2D eigenvalue weighted by Crippen LogP contribution is -1.95. The Labute approximate surface area is 67.5 Å². The van der Waals surface area contributed by atoms with Crippen LogP contribution in [-0.4, -0.2) is 20.6 Å². The molecule has 12 heavy (non-hydrogen) atoms. The lowest BCUT2D eigenvalue weighted by molar-refractivity contribution is 0.297. The van der Waals surface area contributed by atoms with E-state index in [0.717, 1.165) is 0 Å². The SMILES string of the molecule is CC(c1cnon1)c1cnon1. The second-order valence-electron chi connectivity index (χ2n) is 2.39. The third-order valence-electron chi connectivity index (χ3n) is 1.64. The standard InChI is InChI=1S/C6H6N4O2/c1-4(5-2-7-11-9-5)6-3-8-12-10-6/h2-4H,1H3. The Morgan fingerprint density at radius 2 is 1.58 bits per heavy atom. The van der Waals surface area contributed by atoms with Crippen molar-refractivity contribution in [2.24, 2.45) is 0 Å². The number of hydrogen-bond donors (Lipinski definition) is 0. The van der Waals surface area contributed by atoms with Crippen molar-refractivity contribution in [1.29, 1.82) is 0 Å². The third kappa shape index (κ3) is 1.07. The molecule has 0 radical (unpaired) electrons. The van der Waals surface area contributed by atoms with E-state index in [1.807, 2.05) is 6.92 Å². The molecule has 0 aliphatic heterocycles. The molecule has 0 saturated heterocycles. The van der Waals surface area contributed by atoms with Crippen molar-refractivity contribution >= 4 is 0 Å². The summed E-state index contributed by atoms with van der Waals surface area (Å²) in [6, 6.07) is 0. The number of aromatic nitrogens is 4. The van der Waals surface area contributed by atoms with Gasteiger partial charge in [-0.1, -0.05) is 27.6 Å². The summed E-state index contributed by atoms with van der Waals surface area (Å²) in [7, 11) is 0. The first-order valence-corrected chi connectivity index (χ1v) is 3.43. The molecule has 0 spiro atoms. The van der Waals surface area contributed by atoms with Crippen LogP contribution in [-0.2, 0) is 0 Å². The Morgan fingerprint density at radius 1 is 1.08 bits per heavy atom. The summed E-state index contributed by atoms with van der Waals surface area (Å²) in [5.74, 6) is 0.00231. The molecule has 0 aliphatic carbocycles. The molecule has 6 heteroatoms. The molecular formula is C6H6N4O2. The van der Waals surface area contributed by atoms with E-state index in [4.69, 9.17) is 0 Å². The zero-order valence-electron chi connectivity index (χ0n) is 6.34. The Morgan fingerprint density at radius 3 is 1.92 bits per heavy atom. The minimum Gasteiger partial charge on any atom is -0.244 e. The van der Waals surface area contributed by atoms with Crippen molar-refractivity contribution in [2.45, 2.75) is 12.8 Å². The fourth-order valence-corrected chi connectivity index (χ4v) is 0.877. The predicted octanol–water partition coefficient (Wildman–Crippen LogP) is 0.604. The number of rotatable bonds is 2. The van der Waals surface area contributed by atoms with Crippen molar-refractivity contribution < 1.29 is 9.26 Å². The third-order valence-corrected chi connectivity index (χ3v) is 1.64. The molecule has 2 aromatic heterocycles. The monoisotopic (exact) mass is 166 g/mol. The predicted molar refractivity (Wildman–Crippen MR) is 36.1 cm³/mol. The van der Waals surface area contributed by atoms with Crippen LogP contribution in [0.5, 0.6) is 0 Å². The molecule has 0 bridgehead atoms. The molecule has 2 heterocycles. The van der Waals surface area contributed by atoms with Crippen molar-refractivity contribution in [3.63, 3.8) is 0 Å². The Hall–Kier alpha value is -1.72. The van der Waals surface area contributed by atoms with Crippen molar-refractivity contribution in [1.82, 2.24) is 20.6 Å². The Kier molecular flexibility index (Phi) is 1.58. The highest BCUT2D eigenvalue weighted by molar-refractivity contribution is 5.13. The van der Waals surface area contributed by atoms with Gasteiger partial charge in [0.1, 0.15) is 11.4 Å². The molecule has 2 rings (SSSR count). The zero-order valence-corrected chi connectivity index (χ0v) is 6.34. The Bertz CT molecular complexity index is 294. The summed E-state index contributed by atoms with van der Waals surface area (Å²) in [6.45, 7) is 1.92. The van der Waals surface area contributed by atoms with E-state index in [9.17, 15) is 0 Å². The topological polar surface area (TPSA) is 77.8 Å². The summed E-state index contributed by atoms with van der Waals surface area (Å²) in [6.07, 6.45) is 3.08. The summed E-state index contributed by atoms with van der Waals surface area (Å²) in [5.41, 5.74) is 1.43. The molecule has 0 aliphatic rings. The first-order valence-electron chi connectivity index (χ1n) is 3.43. The Balaban J connectivity index is 2.27. The summed E-state index contributed by atoms with van der Waals surface area (Å²) in [5, 5.41) is 14.3. The van der Waals surface area contributed by atoms with E-state index in [2.05, 4.69) is 29.9 Å². The van der Waals surface area contributed by atoms with E-state index in [0.29, 0.717) is 11.4 Å². The van der Waals surface area contributed by atoms with Gasteiger partial charge in [-0.05, 0) is 0 Å². The van der Waals surface area contributed by atoms with Crippen LogP contribution < -0.4 is 0 Å². The van der Waals surface area contributed by atoms with Crippen LogP contribution in [0.3, 0.4) is 0 Å². The highest BCUT2D eigenvalue weighted by Gasteiger charge is 2.15. The molecule has 0 saturated carbocycles. The van der Waals surface area contributed by atoms with E-state index in [1.165, 1.54) is 0 Å². The summed E-state index contributed by atoms with van der Waals surface area (Å²) in [4.78, 5) is 0. The van der Waals surface area contributed by atoms with E-state index < -0.39 is 0 Å². The second-order valence-corrected chi connectivity index (χ2v) is 2.39. The van der Waals surface area contributed by atoms with E-state index in [1.54, 1.807) is 12.4 Å². The first kappa shape index (κ1) is 6.96. The van der Waals surface area contributed by atoms with Crippen LogP contribution in [0, 0.1) is 0 Å². The lowest BCUT2D eigenvalue weighted by atomic mass is 10.1. The highest BCUT2D eigenvalue weighted by atomic mass is 16.6. The largest absolute Gasteiger partial charge is 0.244 e. The lowest BCUT2D eigenvalue weighted by Gasteiger charge is -1.98. The van der Waals surface area contributed by atoms with Crippen molar-refractivity contribution in [3.05, 3.63) is 23.8 Å². The van der Waals surface area contributed by atoms with Gasteiger partial charge in [0.25, 0.3) is 0 Å². The minimum atomic E-state index is 0.00231. The van der Waals surface area contributed by atoms with Gasteiger partial charge in [-0.15, -0.1) is 0 Å². The summed E-state index contributed by atoms with van der Waals surface area (Å²) < 4.78 is 8.91. The second kappa shape index (κ2) is 2.72. The van der Waals surface area contributed by atoms with Gasteiger partial charge < -0.3 is 0 Å². The van der Waals surface area contributed by atoms with Gasteiger partial charge >= 0.3 is 0 Å². The molecule has 6 nitrogen and oxygen atoms in total.